The Morgan fingerprint density at radius 2 is 2.10 bits per heavy atom. The molecule has 20 heavy (non-hydrogen) atoms. The average molecular weight is 342 g/mol. The van der Waals surface area contributed by atoms with Crippen molar-refractivity contribution in [2.45, 2.75) is 19.4 Å². The fraction of sp³-hybridized carbons (Fsp3) is 0.429. The van der Waals surface area contributed by atoms with Gasteiger partial charge in [-0.25, -0.2) is 4.39 Å². The summed E-state index contributed by atoms with van der Waals surface area (Å²) in [6, 6.07) is 2.87. The van der Waals surface area contributed by atoms with Crippen LogP contribution in [0.4, 0.5) is 4.39 Å². The standard InChI is InChI=1S/C14H13BrFNO3/c15-12-4-8(16)3-7-6-17(2-1-9(7)12)13(18)10-5-11(10)14(19)20/h3-4,10-11H,1-2,5-6H2,(H,19,20)/t10-,11-/m1/s1. The summed E-state index contributed by atoms with van der Waals surface area (Å²) >= 11 is 3.34. The molecule has 4 nitrogen and oxygen atoms in total. The first-order chi connectivity index (χ1) is 9.47. The second kappa shape index (κ2) is 4.84. The van der Waals surface area contributed by atoms with Crippen LogP contribution in [0.25, 0.3) is 0 Å². The topological polar surface area (TPSA) is 57.6 Å². The number of carbonyl (C=O) groups excluding carboxylic acids is 1. The lowest BCUT2D eigenvalue weighted by atomic mass is 9.99. The molecule has 0 radical (unpaired) electrons. The summed E-state index contributed by atoms with van der Waals surface area (Å²) in [4.78, 5) is 24.7. The van der Waals surface area contributed by atoms with E-state index in [-0.39, 0.29) is 11.7 Å². The van der Waals surface area contributed by atoms with Crippen LogP contribution >= 0.6 is 15.9 Å². The zero-order chi connectivity index (χ0) is 14.4. The molecular weight excluding hydrogens is 329 g/mol. The van der Waals surface area contributed by atoms with Crippen molar-refractivity contribution in [1.29, 1.82) is 0 Å². The third-order valence-electron chi connectivity index (χ3n) is 3.98. The summed E-state index contributed by atoms with van der Waals surface area (Å²) in [7, 11) is 0. The summed E-state index contributed by atoms with van der Waals surface area (Å²) in [5.41, 5.74) is 1.82. The van der Waals surface area contributed by atoms with E-state index in [2.05, 4.69) is 15.9 Å². The summed E-state index contributed by atoms with van der Waals surface area (Å²) in [6.45, 7) is 0.909. The van der Waals surface area contributed by atoms with Crippen molar-refractivity contribution in [1.82, 2.24) is 4.90 Å². The molecule has 1 amide bonds. The summed E-state index contributed by atoms with van der Waals surface area (Å²) in [5.74, 6) is -2.30. The van der Waals surface area contributed by atoms with Gasteiger partial charge in [-0.15, -0.1) is 0 Å². The molecule has 1 aromatic rings. The molecule has 0 saturated heterocycles. The Kier molecular flexibility index (Phi) is 3.28. The minimum Gasteiger partial charge on any atom is -0.481 e. The number of amides is 1. The van der Waals surface area contributed by atoms with E-state index >= 15 is 0 Å². The van der Waals surface area contributed by atoms with E-state index in [0.717, 1.165) is 15.6 Å². The highest BCUT2D eigenvalue weighted by molar-refractivity contribution is 9.10. The van der Waals surface area contributed by atoms with Gasteiger partial charge in [-0.05, 0) is 36.1 Å². The van der Waals surface area contributed by atoms with Crippen molar-refractivity contribution in [2.24, 2.45) is 11.8 Å². The van der Waals surface area contributed by atoms with Crippen molar-refractivity contribution in [3.63, 3.8) is 0 Å². The number of nitrogens with zero attached hydrogens (tertiary/aromatic N) is 1. The minimum atomic E-state index is -0.908. The Labute approximate surface area is 123 Å². The van der Waals surface area contributed by atoms with E-state index in [4.69, 9.17) is 5.11 Å². The maximum atomic E-state index is 13.4. The van der Waals surface area contributed by atoms with Crippen LogP contribution in [0, 0.1) is 17.7 Å². The molecule has 2 aliphatic rings. The molecule has 0 unspecified atom stereocenters. The van der Waals surface area contributed by atoms with Crippen molar-refractivity contribution in [2.75, 3.05) is 6.54 Å². The van der Waals surface area contributed by atoms with E-state index in [1.807, 2.05) is 0 Å². The monoisotopic (exact) mass is 341 g/mol. The van der Waals surface area contributed by atoms with Crippen molar-refractivity contribution >= 4 is 27.8 Å². The van der Waals surface area contributed by atoms with E-state index in [1.165, 1.54) is 12.1 Å². The second-order valence-electron chi connectivity index (χ2n) is 5.32. The number of halogens is 2. The van der Waals surface area contributed by atoms with Crippen LogP contribution in [0.2, 0.25) is 0 Å². The SMILES string of the molecule is O=C(O)[C@@H]1C[C@H]1C(=O)N1CCc2c(Br)cc(F)cc2C1. The second-order valence-corrected chi connectivity index (χ2v) is 6.18. The van der Waals surface area contributed by atoms with Gasteiger partial charge in [0, 0.05) is 17.6 Å². The van der Waals surface area contributed by atoms with Crippen LogP contribution in [0.5, 0.6) is 0 Å². The number of hydrogen-bond donors (Lipinski definition) is 1. The van der Waals surface area contributed by atoms with Gasteiger partial charge >= 0.3 is 5.97 Å². The molecule has 1 N–H and O–H groups in total. The lowest BCUT2D eigenvalue weighted by molar-refractivity contribution is -0.142. The van der Waals surface area contributed by atoms with Crippen LogP contribution in [0.3, 0.4) is 0 Å². The van der Waals surface area contributed by atoms with Gasteiger partial charge in [-0.3, -0.25) is 9.59 Å². The van der Waals surface area contributed by atoms with Gasteiger partial charge in [0.2, 0.25) is 5.91 Å². The lowest BCUT2D eigenvalue weighted by Crippen LogP contribution is -2.37. The first kappa shape index (κ1) is 13.5. The highest BCUT2D eigenvalue weighted by Gasteiger charge is 2.50. The Morgan fingerprint density at radius 3 is 2.75 bits per heavy atom. The lowest BCUT2D eigenvalue weighted by Gasteiger charge is -2.29. The van der Waals surface area contributed by atoms with Gasteiger partial charge in [0.05, 0.1) is 11.8 Å². The summed E-state index contributed by atoms with van der Waals surface area (Å²) in [6.07, 6.45) is 1.08. The first-order valence-corrected chi connectivity index (χ1v) is 7.25. The Balaban J connectivity index is 1.76. The number of carboxylic acids is 1. The molecule has 6 heteroatoms. The molecule has 106 valence electrons. The van der Waals surface area contributed by atoms with Gasteiger partial charge in [-0.2, -0.15) is 0 Å². The molecule has 1 heterocycles. The number of carbonyl (C=O) groups is 2. The highest BCUT2D eigenvalue weighted by Crippen LogP contribution is 2.41. The number of hydrogen-bond acceptors (Lipinski definition) is 2. The van der Waals surface area contributed by atoms with E-state index < -0.39 is 17.8 Å². The first-order valence-electron chi connectivity index (χ1n) is 6.45. The quantitative estimate of drug-likeness (QED) is 0.897. The maximum Gasteiger partial charge on any atom is 0.307 e. The van der Waals surface area contributed by atoms with Crippen LogP contribution in [0.1, 0.15) is 17.5 Å². The fourth-order valence-corrected chi connectivity index (χ4v) is 3.44. The molecule has 2 atom stereocenters. The molecule has 1 fully saturated rings. The van der Waals surface area contributed by atoms with E-state index in [1.54, 1.807) is 4.90 Å². The van der Waals surface area contributed by atoms with Crippen molar-refractivity contribution in [3.8, 4) is 0 Å². The largest absolute Gasteiger partial charge is 0.481 e. The average Bonchev–Trinajstić information content (AvgIpc) is 3.17. The molecule has 1 aliphatic carbocycles. The zero-order valence-corrected chi connectivity index (χ0v) is 12.2. The molecule has 1 aliphatic heterocycles. The van der Waals surface area contributed by atoms with E-state index in [9.17, 15) is 14.0 Å². The molecule has 0 aromatic heterocycles. The normalized spacial score (nSPS) is 24.2. The van der Waals surface area contributed by atoms with E-state index in [0.29, 0.717) is 25.9 Å². The predicted molar refractivity (Wildman–Crippen MR) is 72.5 cm³/mol. The summed E-state index contributed by atoms with van der Waals surface area (Å²) in [5, 5.41) is 8.87. The molecule has 0 spiro atoms. The molecule has 1 saturated carbocycles. The van der Waals surface area contributed by atoms with Gasteiger partial charge in [0.25, 0.3) is 0 Å². The van der Waals surface area contributed by atoms with Crippen LogP contribution in [-0.4, -0.2) is 28.4 Å². The number of rotatable bonds is 2. The van der Waals surface area contributed by atoms with Crippen LogP contribution < -0.4 is 0 Å². The number of fused-ring (bicyclic) bond motifs is 1. The minimum absolute atomic E-state index is 0.122. The molecule has 1 aromatic carbocycles. The maximum absolute atomic E-state index is 13.4. The molecule has 0 bridgehead atoms. The Morgan fingerprint density at radius 1 is 1.35 bits per heavy atom. The third-order valence-corrected chi connectivity index (χ3v) is 4.69. The van der Waals surface area contributed by atoms with Gasteiger partial charge in [0.15, 0.2) is 0 Å². The third kappa shape index (κ3) is 2.32. The van der Waals surface area contributed by atoms with Crippen LogP contribution in [-0.2, 0) is 22.6 Å². The predicted octanol–water partition coefficient (Wildman–Crippen LogP) is 2.19. The molecule has 3 rings (SSSR count). The molecular formula is C14H13BrFNO3. The number of aliphatic carboxylic acids is 1. The number of benzene rings is 1. The highest BCUT2D eigenvalue weighted by atomic mass is 79.9. The summed E-state index contributed by atoms with van der Waals surface area (Å²) < 4.78 is 14.1. The van der Waals surface area contributed by atoms with Crippen molar-refractivity contribution in [3.05, 3.63) is 33.5 Å². The van der Waals surface area contributed by atoms with Gasteiger partial charge in [0.1, 0.15) is 5.82 Å². The smallest absolute Gasteiger partial charge is 0.307 e. The van der Waals surface area contributed by atoms with Gasteiger partial charge < -0.3 is 10.0 Å². The Bertz CT molecular complexity index is 604. The van der Waals surface area contributed by atoms with Crippen molar-refractivity contribution < 1.29 is 19.1 Å². The Hall–Kier alpha value is -1.43. The van der Waals surface area contributed by atoms with Gasteiger partial charge in [-0.1, -0.05) is 15.9 Å². The van der Waals surface area contributed by atoms with Crippen LogP contribution in [0.15, 0.2) is 16.6 Å². The number of carboxylic acid groups (broad SMARTS) is 1. The zero-order valence-electron chi connectivity index (χ0n) is 10.6. The fourth-order valence-electron chi connectivity index (χ4n) is 2.77.